The second-order valence-electron chi connectivity index (χ2n) is 7.72. The molecular weight excluding hydrogens is 447 g/mol. The lowest BCUT2D eigenvalue weighted by atomic mass is 10.2. The van der Waals surface area contributed by atoms with Gasteiger partial charge in [0.05, 0.1) is 5.69 Å². The predicted molar refractivity (Wildman–Crippen MR) is 120 cm³/mol. The van der Waals surface area contributed by atoms with Crippen molar-refractivity contribution in [2.24, 2.45) is 0 Å². The van der Waals surface area contributed by atoms with E-state index in [1.54, 1.807) is 29.3 Å². The molecule has 3 aromatic heterocycles. The molecule has 0 aliphatic carbocycles. The summed E-state index contributed by atoms with van der Waals surface area (Å²) in [6.07, 6.45) is 1.72. The second kappa shape index (κ2) is 9.16. The standard InChI is InChI=1S/C23H21FN4O4S/c24-16-1-3-18(4-2-16)31-15-19-5-6-20(32-19)22(30)27-9-7-26(8-10-27)14-17-13-21(29)28-11-12-33-23(28)25-17/h1-6,11-13H,7-10,14-15H2. The molecule has 5 rings (SSSR count). The summed E-state index contributed by atoms with van der Waals surface area (Å²) in [5, 5.41) is 1.84. The van der Waals surface area contributed by atoms with Gasteiger partial charge < -0.3 is 14.1 Å². The number of piperazine rings is 1. The molecule has 1 aliphatic rings. The van der Waals surface area contributed by atoms with Gasteiger partial charge in [-0.1, -0.05) is 0 Å². The minimum atomic E-state index is -0.331. The van der Waals surface area contributed by atoms with Gasteiger partial charge in [0.15, 0.2) is 10.7 Å². The van der Waals surface area contributed by atoms with Crippen LogP contribution in [0.4, 0.5) is 4.39 Å². The van der Waals surface area contributed by atoms with Gasteiger partial charge in [-0.15, -0.1) is 11.3 Å². The molecule has 33 heavy (non-hydrogen) atoms. The van der Waals surface area contributed by atoms with Gasteiger partial charge in [-0.25, -0.2) is 9.37 Å². The van der Waals surface area contributed by atoms with Gasteiger partial charge in [0.1, 0.15) is 23.9 Å². The summed E-state index contributed by atoms with van der Waals surface area (Å²) in [5.41, 5.74) is 0.654. The lowest BCUT2D eigenvalue weighted by molar-refractivity contribution is 0.0593. The zero-order valence-corrected chi connectivity index (χ0v) is 18.5. The Morgan fingerprint density at radius 1 is 1.12 bits per heavy atom. The van der Waals surface area contributed by atoms with Gasteiger partial charge >= 0.3 is 0 Å². The fraction of sp³-hybridized carbons (Fsp3) is 0.261. The van der Waals surface area contributed by atoms with Gasteiger partial charge in [-0.2, -0.15) is 0 Å². The third-order valence-electron chi connectivity index (χ3n) is 5.47. The highest BCUT2D eigenvalue weighted by Gasteiger charge is 2.24. The first-order valence-electron chi connectivity index (χ1n) is 10.5. The Labute approximate surface area is 192 Å². The maximum Gasteiger partial charge on any atom is 0.289 e. The number of aromatic nitrogens is 2. The minimum absolute atomic E-state index is 0.0814. The predicted octanol–water partition coefficient (Wildman–Crippen LogP) is 3.03. The Morgan fingerprint density at radius 2 is 1.91 bits per heavy atom. The van der Waals surface area contributed by atoms with Gasteiger partial charge in [0, 0.05) is 50.4 Å². The quantitative estimate of drug-likeness (QED) is 0.433. The van der Waals surface area contributed by atoms with Crippen molar-refractivity contribution in [1.29, 1.82) is 0 Å². The number of amides is 1. The summed E-state index contributed by atoms with van der Waals surface area (Å²) in [6.45, 7) is 3.19. The van der Waals surface area contributed by atoms with E-state index in [-0.39, 0.29) is 29.7 Å². The number of rotatable bonds is 6. The van der Waals surface area contributed by atoms with E-state index in [9.17, 15) is 14.0 Å². The van der Waals surface area contributed by atoms with Crippen LogP contribution in [-0.4, -0.2) is 51.3 Å². The second-order valence-corrected chi connectivity index (χ2v) is 8.59. The summed E-state index contributed by atoms with van der Waals surface area (Å²) in [7, 11) is 0. The maximum absolute atomic E-state index is 13.0. The van der Waals surface area contributed by atoms with E-state index in [0.29, 0.717) is 49.2 Å². The van der Waals surface area contributed by atoms with Crippen LogP contribution in [0.25, 0.3) is 4.96 Å². The number of nitrogens with zero attached hydrogens (tertiary/aromatic N) is 4. The Hall–Kier alpha value is -3.50. The van der Waals surface area contributed by atoms with Crippen molar-refractivity contribution in [1.82, 2.24) is 19.2 Å². The van der Waals surface area contributed by atoms with E-state index in [1.165, 1.54) is 40.0 Å². The smallest absolute Gasteiger partial charge is 0.289 e. The van der Waals surface area contributed by atoms with Crippen LogP contribution in [0.15, 0.2) is 63.3 Å². The number of halogens is 1. The topological polar surface area (TPSA) is 80.3 Å². The van der Waals surface area contributed by atoms with E-state index in [2.05, 4.69) is 9.88 Å². The molecule has 0 atom stereocenters. The molecule has 0 radical (unpaired) electrons. The number of ether oxygens (including phenoxy) is 1. The SMILES string of the molecule is O=C(c1ccc(COc2ccc(F)cc2)o1)N1CCN(Cc2cc(=O)n3ccsc3n2)CC1. The van der Waals surface area contributed by atoms with Gasteiger partial charge in [-0.3, -0.25) is 18.9 Å². The monoisotopic (exact) mass is 468 g/mol. The molecule has 1 amide bonds. The largest absolute Gasteiger partial charge is 0.486 e. The zero-order valence-electron chi connectivity index (χ0n) is 17.6. The molecule has 1 aliphatic heterocycles. The lowest BCUT2D eigenvalue weighted by Gasteiger charge is -2.34. The molecule has 4 heterocycles. The van der Waals surface area contributed by atoms with E-state index >= 15 is 0 Å². The van der Waals surface area contributed by atoms with E-state index < -0.39 is 0 Å². The number of hydrogen-bond acceptors (Lipinski definition) is 7. The Kier molecular flexibility index (Phi) is 5.93. The molecule has 1 saturated heterocycles. The molecule has 1 fully saturated rings. The van der Waals surface area contributed by atoms with Crippen LogP contribution in [-0.2, 0) is 13.2 Å². The average molecular weight is 469 g/mol. The number of carbonyl (C=O) groups is 1. The number of benzene rings is 1. The van der Waals surface area contributed by atoms with Crippen molar-refractivity contribution in [2.45, 2.75) is 13.2 Å². The zero-order chi connectivity index (χ0) is 22.8. The van der Waals surface area contributed by atoms with Crippen molar-refractivity contribution in [3.8, 4) is 5.75 Å². The Morgan fingerprint density at radius 3 is 2.70 bits per heavy atom. The fourth-order valence-electron chi connectivity index (χ4n) is 3.72. The average Bonchev–Trinajstić information content (AvgIpc) is 3.49. The summed E-state index contributed by atoms with van der Waals surface area (Å²) in [6, 6.07) is 10.6. The highest BCUT2D eigenvalue weighted by atomic mass is 32.1. The van der Waals surface area contributed by atoms with Crippen molar-refractivity contribution in [3.63, 3.8) is 0 Å². The van der Waals surface area contributed by atoms with E-state index in [1.807, 2.05) is 5.38 Å². The van der Waals surface area contributed by atoms with E-state index in [4.69, 9.17) is 9.15 Å². The minimum Gasteiger partial charge on any atom is -0.486 e. The van der Waals surface area contributed by atoms with Crippen LogP contribution >= 0.6 is 11.3 Å². The first-order valence-corrected chi connectivity index (χ1v) is 11.4. The molecule has 1 aromatic carbocycles. The highest BCUT2D eigenvalue weighted by Crippen LogP contribution is 2.17. The first kappa shape index (κ1) is 21.4. The van der Waals surface area contributed by atoms with Gasteiger partial charge in [-0.05, 0) is 36.4 Å². The third kappa shape index (κ3) is 4.81. The lowest BCUT2D eigenvalue weighted by Crippen LogP contribution is -2.48. The molecule has 0 unspecified atom stereocenters. The van der Waals surface area contributed by atoms with Gasteiger partial charge in [0.2, 0.25) is 0 Å². The first-order chi connectivity index (χ1) is 16.0. The molecule has 10 heteroatoms. The summed E-state index contributed by atoms with van der Waals surface area (Å²) in [4.78, 5) is 34.2. The normalized spacial score (nSPS) is 14.6. The molecule has 4 aromatic rings. The fourth-order valence-corrected chi connectivity index (χ4v) is 4.46. The van der Waals surface area contributed by atoms with Crippen LogP contribution in [0.1, 0.15) is 22.0 Å². The van der Waals surface area contributed by atoms with Crippen LogP contribution in [0.3, 0.4) is 0 Å². The molecule has 0 bridgehead atoms. The van der Waals surface area contributed by atoms with Crippen LogP contribution in [0.5, 0.6) is 5.75 Å². The molecule has 0 saturated carbocycles. The number of thiazole rings is 1. The Balaban J connectivity index is 1.14. The molecule has 8 nitrogen and oxygen atoms in total. The number of fused-ring (bicyclic) bond motifs is 1. The van der Waals surface area contributed by atoms with Crippen molar-refractivity contribution < 1.29 is 18.3 Å². The highest BCUT2D eigenvalue weighted by molar-refractivity contribution is 7.15. The summed E-state index contributed by atoms with van der Waals surface area (Å²) < 4.78 is 25.7. The van der Waals surface area contributed by atoms with Crippen LogP contribution in [0, 0.1) is 5.82 Å². The van der Waals surface area contributed by atoms with Gasteiger partial charge in [0.25, 0.3) is 11.5 Å². The van der Waals surface area contributed by atoms with Crippen molar-refractivity contribution in [2.75, 3.05) is 26.2 Å². The summed E-state index contributed by atoms with van der Waals surface area (Å²) in [5.74, 6) is 0.801. The molecular formula is C23H21FN4O4S. The molecule has 0 spiro atoms. The van der Waals surface area contributed by atoms with E-state index in [0.717, 1.165) is 5.69 Å². The number of furan rings is 1. The number of hydrogen-bond donors (Lipinski definition) is 0. The summed E-state index contributed by atoms with van der Waals surface area (Å²) >= 11 is 1.43. The van der Waals surface area contributed by atoms with Crippen LogP contribution < -0.4 is 10.3 Å². The van der Waals surface area contributed by atoms with Crippen molar-refractivity contribution in [3.05, 3.63) is 87.4 Å². The third-order valence-corrected chi connectivity index (χ3v) is 6.23. The maximum atomic E-state index is 13.0. The Bertz CT molecular complexity index is 1320. The molecule has 170 valence electrons. The van der Waals surface area contributed by atoms with Crippen molar-refractivity contribution >= 4 is 22.2 Å². The molecule has 0 N–H and O–H groups in total. The van der Waals surface area contributed by atoms with Crippen LogP contribution in [0.2, 0.25) is 0 Å². The number of carbonyl (C=O) groups excluding carboxylic acids is 1.